The second-order valence-corrected chi connectivity index (χ2v) is 4.61. The van der Waals surface area contributed by atoms with Crippen LogP contribution in [0.5, 0.6) is 0 Å². The topological polar surface area (TPSA) is 41.1 Å². The average molecular weight is 198 g/mol. The second kappa shape index (κ2) is 6.02. The van der Waals surface area contributed by atoms with Gasteiger partial charge in [0.2, 0.25) is 5.91 Å². The molecule has 0 unspecified atom stereocenters. The maximum Gasteiger partial charge on any atom is 0.220 e. The van der Waals surface area contributed by atoms with Gasteiger partial charge in [0, 0.05) is 13.0 Å². The monoisotopic (exact) mass is 198 g/mol. The maximum absolute atomic E-state index is 11.4. The van der Waals surface area contributed by atoms with Gasteiger partial charge in [-0.1, -0.05) is 13.8 Å². The molecule has 1 heterocycles. The Hall–Kier alpha value is -0.570. The Labute approximate surface area is 86.6 Å². The van der Waals surface area contributed by atoms with E-state index in [1.165, 1.54) is 6.42 Å². The van der Waals surface area contributed by atoms with Gasteiger partial charge in [-0.2, -0.15) is 0 Å². The molecule has 1 aliphatic heterocycles. The first-order chi connectivity index (χ1) is 6.68. The number of hydrogen-bond donors (Lipinski definition) is 2. The fourth-order valence-electron chi connectivity index (χ4n) is 1.57. The van der Waals surface area contributed by atoms with Crippen molar-refractivity contribution in [2.45, 2.75) is 33.1 Å². The van der Waals surface area contributed by atoms with Crippen LogP contribution in [0.15, 0.2) is 0 Å². The second-order valence-electron chi connectivity index (χ2n) is 4.61. The van der Waals surface area contributed by atoms with Crippen LogP contribution in [-0.4, -0.2) is 25.5 Å². The van der Waals surface area contributed by atoms with Crippen LogP contribution < -0.4 is 10.6 Å². The van der Waals surface area contributed by atoms with Crippen LogP contribution in [0.2, 0.25) is 0 Å². The lowest BCUT2D eigenvalue weighted by Gasteiger charge is -2.26. The van der Waals surface area contributed by atoms with Crippen LogP contribution >= 0.6 is 0 Å². The summed E-state index contributed by atoms with van der Waals surface area (Å²) in [5.74, 6) is 1.54. The predicted molar refractivity (Wildman–Crippen MR) is 58.1 cm³/mol. The minimum absolute atomic E-state index is 0.222. The number of rotatable bonds is 6. The van der Waals surface area contributed by atoms with Crippen LogP contribution in [0.3, 0.4) is 0 Å². The van der Waals surface area contributed by atoms with Crippen LogP contribution in [0.1, 0.15) is 33.1 Å². The van der Waals surface area contributed by atoms with Gasteiger partial charge in [-0.15, -0.1) is 0 Å². The Morgan fingerprint density at radius 2 is 2.21 bits per heavy atom. The normalized spacial score (nSPS) is 16.8. The van der Waals surface area contributed by atoms with Gasteiger partial charge in [-0.05, 0) is 37.8 Å². The number of carbonyl (C=O) groups excluding carboxylic acids is 1. The van der Waals surface area contributed by atoms with E-state index in [0.717, 1.165) is 32.0 Å². The van der Waals surface area contributed by atoms with E-state index in [4.69, 9.17) is 0 Å². The number of carbonyl (C=O) groups is 1. The number of amides is 1. The Morgan fingerprint density at radius 3 is 2.71 bits per heavy atom. The highest BCUT2D eigenvalue weighted by molar-refractivity contribution is 5.76. The van der Waals surface area contributed by atoms with Crippen LogP contribution in [0.25, 0.3) is 0 Å². The molecule has 1 aliphatic rings. The molecule has 2 N–H and O–H groups in total. The van der Waals surface area contributed by atoms with Gasteiger partial charge in [0.1, 0.15) is 0 Å². The molecule has 14 heavy (non-hydrogen) atoms. The minimum Gasteiger partial charge on any atom is -0.356 e. The van der Waals surface area contributed by atoms with Crippen molar-refractivity contribution < 1.29 is 4.79 Å². The van der Waals surface area contributed by atoms with Crippen LogP contribution in [0, 0.1) is 11.8 Å². The Kier molecular flexibility index (Phi) is 4.94. The SMILES string of the molecule is CC(C)CCCNC(=O)CC1CNC1. The maximum atomic E-state index is 11.4. The van der Waals surface area contributed by atoms with Crippen molar-refractivity contribution in [3.63, 3.8) is 0 Å². The fraction of sp³-hybridized carbons (Fsp3) is 0.909. The van der Waals surface area contributed by atoms with E-state index in [-0.39, 0.29) is 5.91 Å². The Bertz CT molecular complexity index is 176. The zero-order chi connectivity index (χ0) is 10.4. The summed E-state index contributed by atoms with van der Waals surface area (Å²) in [5, 5.41) is 6.14. The molecular weight excluding hydrogens is 176 g/mol. The molecule has 1 saturated heterocycles. The third kappa shape index (κ3) is 4.61. The van der Waals surface area contributed by atoms with Gasteiger partial charge in [0.05, 0.1) is 0 Å². The van der Waals surface area contributed by atoms with E-state index in [1.54, 1.807) is 0 Å². The highest BCUT2D eigenvalue weighted by Gasteiger charge is 2.19. The van der Waals surface area contributed by atoms with Crippen molar-refractivity contribution in [3.8, 4) is 0 Å². The summed E-state index contributed by atoms with van der Waals surface area (Å²) in [5.41, 5.74) is 0. The quantitative estimate of drug-likeness (QED) is 0.629. The summed E-state index contributed by atoms with van der Waals surface area (Å²) in [6.07, 6.45) is 3.01. The van der Waals surface area contributed by atoms with Crippen LogP contribution in [-0.2, 0) is 4.79 Å². The number of hydrogen-bond acceptors (Lipinski definition) is 2. The molecule has 0 aromatic rings. The predicted octanol–water partition coefficient (Wildman–Crippen LogP) is 1.15. The highest BCUT2D eigenvalue weighted by Crippen LogP contribution is 2.07. The summed E-state index contributed by atoms with van der Waals surface area (Å²) in [7, 11) is 0. The highest BCUT2D eigenvalue weighted by atomic mass is 16.1. The van der Waals surface area contributed by atoms with Gasteiger partial charge in [-0.3, -0.25) is 4.79 Å². The van der Waals surface area contributed by atoms with E-state index >= 15 is 0 Å². The first-order valence-corrected chi connectivity index (χ1v) is 5.66. The molecule has 0 atom stereocenters. The molecule has 3 nitrogen and oxygen atoms in total. The molecular formula is C11H22N2O. The van der Waals surface area contributed by atoms with Crippen molar-refractivity contribution >= 4 is 5.91 Å². The van der Waals surface area contributed by atoms with E-state index in [9.17, 15) is 4.79 Å². The zero-order valence-corrected chi connectivity index (χ0v) is 9.31. The third-order valence-electron chi connectivity index (χ3n) is 2.62. The van der Waals surface area contributed by atoms with Crippen molar-refractivity contribution in [1.82, 2.24) is 10.6 Å². The van der Waals surface area contributed by atoms with Gasteiger partial charge in [0.25, 0.3) is 0 Å². The molecule has 0 aromatic heterocycles. The summed E-state index contributed by atoms with van der Waals surface area (Å²) < 4.78 is 0. The molecule has 1 fully saturated rings. The van der Waals surface area contributed by atoms with Crippen LogP contribution in [0.4, 0.5) is 0 Å². The molecule has 3 heteroatoms. The molecule has 0 aromatic carbocycles. The lowest BCUT2D eigenvalue weighted by atomic mass is 9.99. The first-order valence-electron chi connectivity index (χ1n) is 5.66. The summed E-state index contributed by atoms with van der Waals surface area (Å²) >= 11 is 0. The Morgan fingerprint density at radius 1 is 1.50 bits per heavy atom. The molecule has 0 spiro atoms. The van der Waals surface area contributed by atoms with E-state index in [2.05, 4.69) is 24.5 Å². The first kappa shape index (κ1) is 11.5. The van der Waals surface area contributed by atoms with Crippen molar-refractivity contribution in [3.05, 3.63) is 0 Å². The zero-order valence-electron chi connectivity index (χ0n) is 9.31. The largest absolute Gasteiger partial charge is 0.356 e. The fourth-order valence-corrected chi connectivity index (χ4v) is 1.57. The third-order valence-corrected chi connectivity index (χ3v) is 2.62. The standard InChI is InChI=1S/C11H22N2O/c1-9(2)4-3-5-13-11(14)6-10-7-12-8-10/h9-10,12H,3-8H2,1-2H3,(H,13,14). The molecule has 0 saturated carbocycles. The number of nitrogens with one attached hydrogen (secondary N) is 2. The van der Waals surface area contributed by atoms with Gasteiger partial charge < -0.3 is 10.6 Å². The van der Waals surface area contributed by atoms with E-state index < -0.39 is 0 Å². The molecule has 0 bridgehead atoms. The van der Waals surface area contributed by atoms with Gasteiger partial charge in [0.15, 0.2) is 0 Å². The molecule has 1 amide bonds. The minimum atomic E-state index is 0.222. The van der Waals surface area contributed by atoms with Gasteiger partial charge >= 0.3 is 0 Å². The van der Waals surface area contributed by atoms with Gasteiger partial charge in [-0.25, -0.2) is 0 Å². The summed E-state index contributed by atoms with van der Waals surface area (Å²) in [6.45, 7) is 7.29. The molecule has 82 valence electrons. The van der Waals surface area contributed by atoms with E-state index in [1.807, 2.05) is 0 Å². The van der Waals surface area contributed by atoms with Crippen molar-refractivity contribution in [2.75, 3.05) is 19.6 Å². The molecule has 0 aliphatic carbocycles. The summed E-state index contributed by atoms with van der Waals surface area (Å²) in [6, 6.07) is 0. The van der Waals surface area contributed by atoms with Crippen molar-refractivity contribution in [1.29, 1.82) is 0 Å². The average Bonchev–Trinajstić information content (AvgIpc) is 2.05. The van der Waals surface area contributed by atoms with E-state index in [0.29, 0.717) is 12.3 Å². The lowest BCUT2D eigenvalue weighted by molar-refractivity contribution is -0.122. The smallest absolute Gasteiger partial charge is 0.220 e. The Balaban J connectivity index is 1.92. The molecule has 0 radical (unpaired) electrons. The lowest BCUT2D eigenvalue weighted by Crippen LogP contribution is -2.44. The summed E-state index contributed by atoms with van der Waals surface area (Å²) in [4.78, 5) is 11.4. The van der Waals surface area contributed by atoms with Crippen molar-refractivity contribution in [2.24, 2.45) is 11.8 Å². The molecule has 1 rings (SSSR count).